The molecule has 118 valence electrons. The van der Waals surface area contributed by atoms with Gasteiger partial charge in [0.2, 0.25) is 0 Å². The van der Waals surface area contributed by atoms with Gasteiger partial charge >= 0.3 is 0 Å². The van der Waals surface area contributed by atoms with Crippen LogP contribution in [0.5, 0.6) is 5.75 Å². The predicted octanol–water partition coefficient (Wildman–Crippen LogP) is 4.18. The molecular weight excluding hydrogens is 272 g/mol. The average Bonchev–Trinajstić information content (AvgIpc) is 2.71. The number of rotatable bonds is 1. The molecule has 1 heterocycles. The minimum absolute atomic E-state index is 0.466. The third kappa shape index (κ3) is 1.60. The third-order valence-corrected chi connectivity index (χ3v) is 7.50. The van der Waals surface area contributed by atoms with E-state index in [0.717, 1.165) is 36.0 Å². The number of hydrogen-bond acceptors (Lipinski definition) is 2. The molecule has 0 spiro atoms. The third-order valence-electron chi connectivity index (χ3n) is 7.50. The monoisotopic (exact) mass is 298 g/mol. The van der Waals surface area contributed by atoms with Crippen LogP contribution in [0.15, 0.2) is 18.2 Å². The fraction of sp³-hybridized carbons (Fsp3) is 0.700. The SMILES string of the molecule is COc1ccc2c(c1)CC[C@@H]1[C@@H]2CC[C@@]2(C)[C@H]1C[C@@H]1CO[C@@H]12. The number of aryl methyl sites for hydroxylation is 1. The Balaban J connectivity index is 1.50. The van der Waals surface area contributed by atoms with Crippen molar-refractivity contribution in [2.45, 2.75) is 51.0 Å². The smallest absolute Gasteiger partial charge is 0.119 e. The van der Waals surface area contributed by atoms with Gasteiger partial charge in [0.05, 0.1) is 19.8 Å². The zero-order chi connectivity index (χ0) is 14.9. The zero-order valence-corrected chi connectivity index (χ0v) is 13.7. The van der Waals surface area contributed by atoms with Crippen molar-refractivity contribution in [1.29, 1.82) is 0 Å². The van der Waals surface area contributed by atoms with Crippen LogP contribution in [-0.4, -0.2) is 19.8 Å². The summed E-state index contributed by atoms with van der Waals surface area (Å²) in [5.74, 6) is 4.44. The van der Waals surface area contributed by atoms with Crippen molar-refractivity contribution in [3.05, 3.63) is 29.3 Å². The average molecular weight is 298 g/mol. The van der Waals surface area contributed by atoms with Crippen molar-refractivity contribution >= 4 is 0 Å². The van der Waals surface area contributed by atoms with Crippen LogP contribution in [-0.2, 0) is 11.2 Å². The minimum Gasteiger partial charge on any atom is -0.497 e. The molecule has 0 N–H and O–H groups in total. The van der Waals surface area contributed by atoms with Crippen molar-refractivity contribution in [3.63, 3.8) is 0 Å². The van der Waals surface area contributed by atoms with Crippen molar-refractivity contribution in [1.82, 2.24) is 0 Å². The van der Waals surface area contributed by atoms with Crippen LogP contribution in [0, 0.1) is 23.2 Å². The molecule has 1 saturated heterocycles. The van der Waals surface area contributed by atoms with Gasteiger partial charge < -0.3 is 9.47 Å². The van der Waals surface area contributed by atoms with Crippen LogP contribution >= 0.6 is 0 Å². The number of benzene rings is 1. The van der Waals surface area contributed by atoms with Crippen LogP contribution in [0.25, 0.3) is 0 Å². The minimum atomic E-state index is 0.466. The van der Waals surface area contributed by atoms with Gasteiger partial charge in [0, 0.05) is 5.92 Å². The highest BCUT2D eigenvalue weighted by atomic mass is 16.5. The summed E-state index contributed by atoms with van der Waals surface area (Å²) in [6.07, 6.45) is 7.31. The van der Waals surface area contributed by atoms with Gasteiger partial charge in [-0.15, -0.1) is 0 Å². The van der Waals surface area contributed by atoms with E-state index in [9.17, 15) is 0 Å². The zero-order valence-electron chi connectivity index (χ0n) is 13.7. The van der Waals surface area contributed by atoms with Crippen molar-refractivity contribution in [2.75, 3.05) is 13.7 Å². The summed E-state index contributed by atoms with van der Waals surface area (Å²) in [6, 6.07) is 6.80. The lowest BCUT2D eigenvalue weighted by Crippen LogP contribution is -2.49. The van der Waals surface area contributed by atoms with Crippen LogP contribution in [0.4, 0.5) is 0 Å². The first-order valence-electron chi connectivity index (χ1n) is 8.99. The summed E-state index contributed by atoms with van der Waals surface area (Å²) in [4.78, 5) is 0. The quantitative estimate of drug-likeness (QED) is 0.774. The molecule has 2 saturated carbocycles. The maximum atomic E-state index is 5.99. The normalized spacial score (nSPS) is 45.1. The Morgan fingerprint density at radius 3 is 2.95 bits per heavy atom. The van der Waals surface area contributed by atoms with Gasteiger partial charge in [-0.25, -0.2) is 0 Å². The molecule has 1 aromatic carbocycles. The fourth-order valence-electron chi connectivity index (χ4n) is 6.41. The van der Waals surface area contributed by atoms with Crippen molar-refractivity contribution in [2.24, 2.45) is 23.2 Å². The molecule has 2 nitrogen and oxygen atoms in total. The van der Waals surface area contributed by atoms with Gasteiger partial charge in [0.15, 0.2) is 0 Å². The van der Waals surface area contributed by atoms with E-state index in [4.69, 9.17) is 9.47 Å². The number of fused-ring (bicyclic) bond motifs is 7. The molecule has 2 heteroatoms. The topological polar surface area (TPSA) is 18.5 Å². The maximum Gasteiger partial charge on any atom is 0.119 e. The molecule has 0 aromatic heterocycles. The summed E-state index contributed by atoms with van der Waals surface area (Å²) < 4.78 is 11.4. The van der Waals surface area contributed by atoms with Crippen LogP contribution < -0.4 is 4.74 Å². The summed E-state index contributed by atoms with van der Waals surface area (Å²) in [7, 11) is 1.77. The Bertz CT molecular complexity index is 610. The Labute approximate surface area is 133 Å². The molecule has 4 aliphatic rings. The molecule has 6 atom stereocenters. The highest BCUT2D eigenvalue weighted by Gasteiger charge is 2.61. The van der Waals surface area contributed by atoms with Gasteiger partial charge in [-0.2, -0.15) is 0 Å². The second-order valence-electron chi connectivity index (χ2n) is 8.27. The molecule has 1 aliphatic heterocycles. The standard InChI is InChI=1S/C20H26O2/c1-20-8-7-16-15-6-4-14(21-2)9-12(15)3-5-17(16)18(20)10-13-11-22-19(13)20/h4,6,9,13,16-19H,3,5,7-8,10-11H2,1-2H3/t13-,16-,17-,18+,19+,20+/m1/s1. The number of methoxy groups -OCH3 is 1. The molecule has 0 radical (unpaired) electrons. The van der Waals surface area contributed by atoms with E-state index < -0.39 is 0 Å². The summed E-state index contributed by atoms with van der Waals surface area (Å²) in [5, 5.41) is 0. The van der Waals surface area contributed by atoms with E-state index >= 15 is 0 Å². The first-order valence-corrected chi connectivity index (χ1v) is 8.99. The number of ether oxygens (including phenoxy) is 2. The molecule has 0 bridgehead atoms. The second kappa shape index (κ2) is 4.50. The summed E-state index contributed by atoms with van der Waals surface area (Å²) in [5.41, 5.74) is 3.63. The van der Waals surface area contributed by atoms with Crippen molar-refractivity contribution in [3.8, 4) is 5.75 Å². The Morgan fingerprint density at radius 1 is 1.27 bits per heavy atom. The lowest BCUT2D eigenvalue weighted by atomic mass is 9.55. The van der Waals surface area contributed by atoms with Crippen LogP contribution in [0.1, 0.15) is 49.7 Å². The second-order valence-corrected chi connectivity index (χ2v) is 8.27. The van der Waals surface area contributed by atoms with E-state index in [2.05, 4.69) is 25.1 Å². The molecule has 22 heavy (non-hydrogen) atoms. The first kappa shape index (κ1) is 13.4. The van der Waals surface area contributed by atoms with E-state index in [0.29, 0.717) is 11.5 Å². The van der Waals surface area contributed by atoms with E-state index in [1.165, 1.54) is 32.1 Å². The maximum absolute atomic E-state index is 5.99. The largest absolute Gasteiger partial charge is 0.497 e. The molecule has 5 rings (SSSR count). The first-order chi connectivity index (χ1) is 10.7. The molecule has 0 unspecified atom stereocenters. The lowest BCUT2D eigenvalue weighted by Gasteiger charge is -2.51. The highest BCUT2D eigenvalue weighted by Crippen LogP contribution is 2.65. The van der Waals surface area contributed by atoms with Gasteiger partial charge in [0.1, 0.15) is 5.75 Å². The highest BCUT2D eigenvalue weighted by molar-refractivity contribution is 5.40. The van der Waals surface area contributed by atoms with Crippen LogP contribution in [0.3, 0.4) is 0 Å². The summed E-state index contributed by atoms with van der Waals surface area (Å²) >= 11 is 0. The van der Waals surface area contributed by atoms with Gasteiger partial charge in [-0.3, -0.25) is 0 Å². The molecule has 3 aliphatic carbocycles. The number of hydrogen-bond donors (Lipinski definition) is 0. The van der Waals surface area contributed by atoms with E-state index in [-0.39, 0.29) is 0 Å². The Morgan fingerprint density at radius 2 is 2.18 bits per heavy atom. The van der Waals surface area contributed by atoms with Gasteiger partial charge in [0.25, 0.3) is 0 Å². The van der Waals surface area contributed by atoms with Crippen LogP contribution in [0.2, 0.25) is 0 Å². The molecule has 1 aromatic rings. The molecular formula is C20H26O2. The van der Waals surface area contributed by atoms with Crippen molar-refractivity contribution < 1.29 is 9.47 Å². The fourth-order valence-corrected chi connectivity index (χ4v) is 6.41. The van der Waals surface area contributed by atoms with Gasteiger partial charge in [-0.05, 0) is 78.5 Å². The van der Waals surface area contributed by atoms with E-state index in [1.54, 1.807) is 18.2 Å². The Kier molecular flexibility index (Phi) is 2.75. The lowest BCUT2D eigenvalue weighted by molar-refractivity contribution is -0.155. The van der Waals surface area contributed by atoms with E-state index in [1.807, 2.05) is 0 Å². The van der Waals surface area contributed by atoms with Gasteiger partial charge in [-0.1, -0.05) is 13.0 Å². The molecule has 3 fully saturated rings. The summed E-state index contributed by atoms with van der Waals surface area (Å²) in [6.45, 7) is 3.56. The molecule has 0 amide bonds. The predicted molar refractivity (Wildman–Crippen MR) is 86.2 cm³/mol. The Hall–Kier alpha value is -1.02.